The summed E-state index contributed by atoms with van der Waals surface area (Å²) in [5.74, 6) is -4.67. The van der Waals surface area contributed by atoms with Gasteiger partial charge in [0.2, 0.25) is 12.2 Å². The Balaban J connectivity index is 0.000000213. The third-order valence-corrected chi connectivity index (χ3v) is 6.52. The molecule has 12 heteroatoms. The molecular weight excluding hydrogens is 560 g/mol. The molecular formula is C31H32N2O10. The van der Waals surface area contributed by atoms with Gasteiger partial charge in [0.1, 0.15) is 12.4 Å². The van der Waals surface area contributed by atoms with Gasteiger partial charge >= 0.3 is 23.9 Å². The van der Waals surface area contributed by atoms with Gasteiger partial charge in [-0.3, -0.25) is 4.90 Å². The summed E-state index contributed by atoms with van der Waals surface area (Å²) in [4.78, 5) is 49.3. The number of ether oxygens (including phenoxy) is 4. The highest BCUT2D eigenvalue weighted by Crippen LogP contribution is 2.28. The van der Waals surface area contributed by atoms with E-state index >= 15 is 0 Å². The molecule has 0 aromatic heterocycles. The zero-order valence-electron chi connectivity index (χ0n) is 23.2. The van der Waals surface area contributed by atoms with Gasteiger partial charge in [-0.15, -0.1) is 0 Å². The van der Waals surface area contributed by atoms with Crippen LogP contribution in [0.1, 0.15) is 20.7 Å². The van der Waals surface area contributed by atoms with E-state index in [9.17, 15) is 29.4 Å². The van der Waals surface area contributed by atoms with Crippen molar-refractivity contribution < 1.29 is 48.3 Å². The molecule has 3 atom stereocenters. The number of hydrogen-bond acceptors (Lipinski definition) is 10. The number of carboxylic acids is 2. The predicted octanol–water partition coefficient (Wildman–Crippen LogP) is 2.80. The van der Waals surface area contributed by atoms with Crippen LogP contribution in [-0.4, -0.2) is 96.7 Å². The van der Waals surface area contributed by atoms with Crippen LogP contribution in [0.25, 0.3) is 0 Å². The molecule has 0 amide bonds. The van der Waals surface area contributed by atoms with E-state index in [1.165, 1.54) is 48.5 Å². The number of carbonyl (C=O) groups is 4. The first-order chi connectivity index (χ1) is 20.8. The SMILES string of the molecule is O=C(OC(C(=O)O)C(OC(=O)c1ccccc1)C(=O)O)c1ccccc1.c1ccc2c(c1)NC(CN1CCOCC1)CO2. The van der Waals surface area contributed by atoms with Crippen LogP contribution in [0.5, 0.6) is 5.75 Å². The molecule has 0 saturated carbocycles. The standard InChI is InChI=1S/C18H14O8.C13H18N2O2/c19-15(20)13(25-17(23)11-7-3-1-4-8-11)14(16(21)22)26-18(24)12-9-5-2-6-10-12;1-2-4-13-12(3-1)14-11(10-17-13)9-15-5-7-16-8-6-15/h1-10,13-14H,(H,19,20)(H,21,22);1-4,11,14H,5-10H2. The highest BCUT2D eigenvalue weighted by molar-refractivity contribution is 5.95. The van der Waals surface area contributed by atoms with Crippen molar-refractivity contribution in [3.63, 3.8) is 0 Å². The number of morpholine rings is 1. The first-order valence-electron chi connectivity index (χ1n) is 13.6. The highest BCUT2D eigenvalue weighted by Gasteiger charge is 2.41. The van der Waals surface area contributed by atoms with Crippen molar-refractivity contribution in [2.75, 3.05) is 44.8 Å². The molecule has 0 spiro atoms. The lowest BCUT2D eigenvalue weighted by atomic mass is 10.1. The summed E-state index contributed by atoms with van der Waals surface area (Å²) in [6.45, 7) is 5.53. The molecule has 43 heavy (non-hydrogen) atoms. The second-order valence-electron chi connectivity index (χ2n) is 9.62. The monoisotopic (exact) mass is 592 g/mol. The van der Waals surface area contributed by atoms with Gasteiger partial charge in [-0.1, -0.05) is 48.5 Å². The Hall–Kier alpha value is -4.94. The fraction of sp³-hybridized carbons (Fsp3) is 0.290. The molecule has 1 fully saturated rings. The second kappa shape index (κ2) is 15.3. The van der Waals surface area contributed by atoms with Gasteiger partial charge in [0.05, 0.1) is 36.1 Å². The third-order valence-electron chi connectivity index (χ3n) is 6.52. The van der Waals surface area contributed by atoms with E-state index in [1.807, 2.05) is 18.2 Å². The van der Waals surface area contributed by atoms with Gasteiger partial charge in [0, 0.05) is 19.6 Å². The maximum absolute atomic E-state index is 12.0. The Kier molecular flexibility index (Phi) is 11.1. The number of anilines is 1. The van der Waals surface area contributed by atoms with E-state index in [-0.39, 0.29) is 11.1 Å². The Morgan fingerprint density at radius 3 is 1.77 bits per heavy atom. The number of aliphatic carboxylic acids is 2. The predicted molar refractivity (Wildman–Crippen MR) is 153 cm³/mol. The molecule has 2 aliphatic rings. The van der Waals surface area contributed by atoms with E-state index in [0.29, 0.717) is 6.04 Å². The maximum Gasteiger partial charge on any atom is 0.349 e. The number of fused-ring (bicyclic) bond motifs is 1. The van der Waals surface area contributed by atoms with Crippen LogP contribution in [-0.2, 0) is 23.8 Å². The molecule has 3 aromatic carbocycles. The van der Waals surface area contributed by atoms with Crippen LogP contribution in [0.3, 0.4) is 0 Å². The van der Waals surface area contributed by atoms with Gasteiger partial charge < -0.3 is 34.5 Å². The maximum atomic E-state index is 12.0. The van der Waals surface area contributed by atoms with E-state index in [2.05, 4.69) is 16.3 Å². The Labute approximate surface area is 247 Å². The zero-order chi connectivity index (χ0) is 30.6. The third kappa shape index (κ3) is 9.02. The van der Waals surface area contributed by atoms with E-state index in [1.54, 1.807) is 12.1 Å². The molecule has 0 bridgehead atoms. The number of rotatable bonds is 9. The number of esters is 2. The van der Waals surface area contributed by atoms with Gasteiger partial charge in [0.15, 0.2) is 0 Å². The average molecular weight is 593 g/mol. The average Bonchev–Trinajstić information content (AvgIpc) is 3.04. The van der Waals surface area contributed by atoms with Gasteiger partial charge in [-0.05, 0) is 36.4 Å². The second-order valence-corrected chi connectivity index (χ2v) is 9.62. The first-order valence-corrected chi connectivity index (χ1v) is 13.6. The minimum absolute atomic E-state index is 0.0253. The van der Waals surface area contributed by atoms with Crippen molar-refractivity contribution in [3.8, 4) is 5.75 Å². The fourth-order valence-electron chi connectivity index (χ4n) is 4.36. The number of nitrogens with one attached hydrogen (secondary N) is 1. The summed E-state index contributed by atoms with van der Waals surface area (Å²) in [7, 11) is 0. The lowest BCUT2D eigenvalue weighted by Crippen LogP contribution is -2.46. The van der Waals surface area contributed by atoms with E-state index in [4.69, 9.17) is 18.9 Å². The molecule has 12 nitrogen and oxygen atoms in total. The van der Waals surface area contributed by atoms with Gasteiger partial charge in [-0.2, -0.15) is 0 Å². The first kappa shape index (κ1) is 31.0. The van der Waals surface area contributed by atoms with Crippen molar-refractivity contribution in [1.29, 1.82) is 0 Å². The summed E-state index contributed by atoms with van der Waals surface area (Å²) >= 11 is 0. The lowest BCUT2D eigenvalue weighted by Gasteiger charge is -2.33. The van der Waals surface area contributed by atoms with Crippen LogP contribution >= 0.6 is 0 Å². The van der Waals surface area contributed by atoms with Crippen LogP contribution in [0, 0.1) is 0 Å². The smallest absolute Gasteiger partial charge is 0.349 e. The fourth-order valence-corrected chi connectivity index (χ4v) is 4.36. The van der Waals surface area contributed by atoms with Crippen LogP contribution in [0.2, 0.25) is 0 Å². The molecule has 1 saturated heterocycles. The zero-order valence-corrected chi connectivity index (χ0v) is 23.2. The number of para-hydroxylation sites is 2. The minimum Gasteiger partial charge on any atom is -0.489 e. The summed E-state index contributed by atoms with van der Waals surface area (Å²) < 4.78 is 20.6. The number of benzene rings is 3. The number of carboxylic acid groups (broad SMARTS) is 2. The molecule has 0 radical (unpaired) electrons. The summed E-state index contributed by atoms with van der Waals surface area (Å²) in [5.41, 5.74) is 1.16. The van der Waals surface area contributed by atoms with E-state index < -0.39 is 36.1 Å². The Morgan fingerprint density at radius 2 is 1.26 bits per heavy atom. The molecule has 0 aliphatic carbocycles. The van der Waals surface area contributed by atoms with Gasteiger partial charge in [0.25, 0.3) is 0 Å². The van der Waals surface area contributed by atoms with Gasteiger partial charge in [-0.25, -0.2) is 19.2 Å². The van der Waals surface area contributed by atoms with E-state index in [0.717, 1.165) is 50.9 Å². The molecule has 3 unspecified atom stereocenters. The topological polar surface area (TPSA) is 161 Å². The quantitative estimate of drug-likeness (QED) is 0.312. The van der Waals surface area contributed by atoms with Crippen molar-refractivity contribution in [2.24, 2.45) is 0 Å². The molecule has 2 heterocycles. The van der Waals surface area contributed by atoms with Crippen LogP contribution in [0.15, 0.2) is 84.9 Å². The highest BCUT2D eigenvalue weighted by atomic mass is 16.6. The molecule has 5 rings (SSSR count). The number of hydrogen-bond donors (Lipinski definition) is 3. The molecule has 2 aliphatic heterocycles. The van der Waals surface area contributed by atoms with Crippen molar-refractivity contribution in [3.05, 3.63) is 96.1 Å². The molecule has 226 valence electrons. The summed E-state index contributed by atoms with van der Waals surface area (Å²) in [6, 6.07) is 23.3. The van der Waals surface area contributed by atoms with Crippen molar-refractivity contribution in [1.82, 2.24) is 4.90 Å². The van der Waals surface area contributed by atoms with Crippen LogP contribution < -0.4 is 10.1 Å². The summed E-state index contributed by atoms with van der Waals surface area (Å²) in [6.07, 6.45) is -4.43. The van der Waals surface area contributed by atoms with Crippen molar-refractivity contribution in [2.45, 2.75) is 18.2 Å². The molecule has 3 N–H and O–H groups in total. The number of carbonyl (C=O) groups excluding carboxylic acids is 2. The van der Waals surface area contributed by atoms with Crippen molar-refractivity contribution >= 4 is 29.6 Å². The summed E-state index contributed by atoms with van der Waals surface area (Å²) in [5, 5.41) is 22.0. The normalized spacial score (nSPS) is 17.3. The van der Waals surface area contributed by atoms with Crippen LogP contribution in [0.4, 0.5) is 5.69 Å². The largest absolute Gasteiger partial charge is 0.489 e. The number of nitrogens with zero attached hydrogens (tertiary/aromatic N) is 1. The Morgan fingerprint density at radius 1 is 0.767 bits per heavy atom. The minimum atomic E-state index is -2.21. The lowest BCUT2D eigenvalue weighted by molar-refractivity contribution is -0.166. The molecule has 3 aromatic rings. The Bertz CT molecular complexity index is 1310.